The number of nitrogens with one attached hydrogen (secondary N) is 1. The third kappa shape index (κ3) is 4.77. The highest BCUT2D eigenvalue weighted by molar-refractivity contribution is 7.89. The summed E-state index contributed by atoms with van der Waals surface area (Å²) >= 11 is 5.84. The lowest BCUT2D eigenvalue weighted by Gasteiger charge is -2.30. The van der Waals surface area contributed by atoms with E-state index in [0.717, 1.165) is 0 Å². The summed E-state index contributed by atoms with van der Waals surface area (Å²) in [5.41, 5.74) is 0.665. The van der Waals surface area contributed by atoms with E-state index in [1.165, 1.54) is 16.4 Å². The zero-order chi connectivity index (χ0) is 22.7. The Hall–Kier alpha value is -2.95. The zero-order valence-electron chi connectivity index (χ0n) is 17.2. The Labute approximate surface area is 190 Å². The predicted molar refractivity (Wildman–Crippen MR) is 118 cm³/mol. The molecule has 32 heavy (non-hydrogen) atoms. The molecule has 2 heterocycles. The van der Waals surface area contributed by atoms with Gasteiger partial charge >= 0.3 is 6.01 Å². The van der Waals surface area contributed by atoms with Crippen molar-refractivity contribution in [1.82, 2.24) is 14.5 Å². The van der Waals surface area contributed by atoms with Gasteiger partial charge in [-0.25, -0.2) is 8.42 Å². The van der Waals surface area contributed by atoms with Crippen molar-refractivity contribution in [3.05, 3.63) is 53.6 Å². The Bertz CT molecular complexity index is 1200. The van der Waals surface area contributed by atoms with E-state index in [4.69, 9.17) is 20.8 Å². The average Bonchev–Trinajstić information content (AvgIpc) is 3.28. The maximum Gasteiger partial charge on any atom is 0.322 e. The van der Waals surface area contributed by atoms with Crippen molar-refractivity contribution in [3.8, 4) is 17.2 Å². The Kier molecular flexibility index (Phi) is 6.45. The molecule has 0 unspecified atom stereocenters. The van der Waals surface area contributed by atoms with Gasteiger partial charge in [-0.2, -0.15) is 4.31 Å². The average molecular weight is 477 g/mol. The standard InChI is InChI=1S/C21H21ClN4O5S/c1-30-17-4-2-3-15(13-17)20-24-25-21(31-20)23-19(27)14-9-11-26(12-10-14)32(28,29)18-7-5-16(22)6-8-18/h2-8,13-14H,9-12H2,1H3,(H,23,25,27). The molecule has 0 radical (unpaired) electrons. The topological polar surface area (TPSA) is 115 Å². The maximum absolute atomic E-state index is 12.8. The lowest BCUT2D eigenvalue weighted by molar-refractivity contribution is -0.121. The van der Waals surface area contributed by atoms with Crippen molar-refractivity contribution in [1.29, 1.82) is 0 Å². The van der Waals surface area contributed by atoms with E-state index in [-0.39, 0.29) is 41.7 Å². The van der Waals surface area contributed by atoms with Crippen molar-refractivity contribution < 1.29 is 22.4 Å². The number of aromatic nitrogens is 2. The Morgan fingerprint density at radius 3 is 2.56 bits per heavy atom. The van der Waals surface area contributed by atoms with Crippen LogP contribution in [0.2, 0.25) is 5.02 Å². The molecule has 2 aromatic carbocycles. The third-order valence-electron chi connectivity index (χ3n) is 5.25. The molecular formula is C21H21ClN4O5S. The molecular weight excluding hydrogens is 456 g/mol. The lowest BCUT2D eigenvalue weighted by atomic mass is 9.97. The van der Waals surface area contributed by atoms with Crippen LogP contribution in [-0.4, -0.2) is 49.0 Å². The SMILES string of the molecule is COc1cccc(-c2nnc(NC(=O)C3CCN(S(=O)(=O)c4ccc(Cl)cc4)CC3)o2)c1. The number of hydrogen-bond donors (Lipinski definition) is 1. The monoisotopic (exact) mass is 476 g/mol. The van der Waals surface area contributed by atoms with E-state index in [1.807, 2.05) is 0 Å². The first-order chi connectivity index (χ1) is 15.4. The second kappa shape index (κ2) is 9.27. The molecule has 0 saturated carbocycles. The molecule has 1 aromatic heterocycles. The largest absolute Gasteiger partial charge is 0.497 e. The second-order valence-electron chi connectivity index (χ2n) is 7.27. The Morgan fingerprint density at radius 1 is 1.16 bits per heavy atom. The Balaban J connectivity index is 1.36. The van der Waals surface area contributed by atoms with Gasteiger partial charge in [0.25, 0.3) is 0 Å². The van der Waals surface area contributed by atoms with Crippen LogP contribution in [-0.2, 0) is 14.8 Å². The van der Waals surface area contributed by atoms with Crippen molar-refractivity contribution in [3.63, 3.8) is 0 Å². The van der Waals surface area contributed by atoms with Gasteiger partial charge in [0, 0.05) is 29.6 Å². The molecule has 11 heteroatoms. The molecule has 1 fully saturated rings. The van der Waals surface area contributed by atoms with Crippen molar-refractivity contribution >= 4 is 33.5 Å². The predicted octanol–water partition coefficient (Wildman–Crippen LogP) is 3.44. The molecule has 1 N–H and O–H groups in total. The summed E-state index contributed by atoms with van der Waals surface area (Å²) in [7, 11) is -2.07. The molecule has 4 rings (SSSR count). The summed E-state index contributed by atoms with van der Waals surface area (Å²) in [6.07, 6.45) is 0.769. The minimum absolute atomic E-state index is 0.0102. The smallest absolute Gasteiger partial charge is 0.322 e. The minimum Gasteiger partial charge on any atom is -0.497 e. The van der Waals surface area contributed by atoms with E-state index >= 15 is 0 Å². The van der Waals surface area contributed by atoms with Crippen LogP contribution >= 0.6 is 11.6 Å². The van der Waals surface area contributed by atoms with E-state index in [2.05, 4.69) is 15.5 Å². The summed E-state index contributed by atoms with van der Waals surface area (Å²) < 4.78 is 37.7. The number of piperidine rings is 1. The Morgan fingerprint density at radius 2 is 1.88 bits per heavy atom. The highest BCUT2D eigenvalue weighted by Crippen LogP contribution is 2.27. The first kappa shape index (κ1) is 22.3. The molecule has 1 aliphatic heterocycles. The van der Waals surface area contributed by atoms with E-state index in [0.29, 0.717) is 29.2 Å². The highest BCUT2D eigenvalue weighted by Gasteiger charge is 2.32. The summed E-state index contributed by atoms with van der Waals surface area (Å²) in [5.74, 6) is 0.253. The fraction of sp³-hybridized carbons (Fsp3) is 0.286. The van der Waals surface area contributed by atoms with E-state index < -0.39 is 10.0 Å². The maximum atomic E-state index is 12.8. The van der Waals surface area contributed by atoms with Gasteiger partial charge in [0.05, 0.1) is 12.0 Å². The minimum atomic E-state index is -3.63. The van der Waals surface area contributed by atoms with Crippen LogP contribution in [0.5, 0.6) is 5.75 Å². The van der Waals surface area contributed by atoms with Gasteiger partial charge in [-0.3, -0.25) is 10.1 Å². The van der Waals surface area contributed by atoms with Gasteiger partial charge in [0.15, 0.2) is 0 Å². The van der Waals surface area contributed by atoms with Crippen LogP contribution in [0.25, 0.3) is 11.5 Å². The van der Waals surface area contributed by atoms with Gasteiger partial charge in [-0.05, 0) is 55.3 Å². The van der Waals surface area contributed by atoms with Gasteiger partial charge in [0.2, 0.25) is 21.8 Å². The summed E-state index contributed by atoms with van der Waals surface area (Å²) in [5, 5.41) is 10.9. The number of amides is 1. The first-order valence-corrected chi connectivity index (χ1v) is 11.7. The number of hydrogen-bond acceptors (Lipinski definition) is 7. The molecule has 1 amide bonds. The molecule has 1 saturated heterocycles. The number of carbonyl (C=O) groups excluding carboxylic acids is 1. The van der Waals surface area contributed by atoms with Crippen molar-refractivity contribution in [2.24, 2.45) is 5.92 Å². The molecule has 3 aromatic rings. The fourth-order valence-corrected chi connectivity index (χ4v) is 5.06. The molecule has 0 bridgehead atoms. The van der Waals surface area contributed by atoms with Crippen LogP contribution in [0.3, 0.4) is 0 Å². The highest BCUT2D eigenvalue weighted by atomic mass is 35.5. The number of methoxy groups -OCH3 is 1. The van der Waals surface area contributed by atoms with Gasteiger partial charge in [-0.1, -0.05) is 22.8 Å². The molecule has 0 aliphatic carbocycles. The van der Waals surface area contributed by atoms with Gasteiger partial charge in [0.1, 0.15) is 5.75 Å². The number of anilines is 1. The number of benzene rings is 2. The summed E-state index contributed by atoms with van der Waals surface area (Å²) in [4.78, 5) is 12.8. The van der Waals surface area contributed by atoms with Gasteiger partial charge in [-0.15, -0.1) is 5.10 Å². The van der Waals surface area contributed by atoms with Crippen LogP contribution in [0.15, 0.2) is 57.8 Å². The number of carbonyl (C=O) groups is 1. The molecule has 168 valence electrons. The molecule has 0 atom stereocenters. The van der Waals surface area contributed by atoms with Crippen LogP contribution in [0.1, 0.15) is 12.8 Å². The lowest BCUT2D eigenvalue weighted by Crippen LogP contribution is -2.41. The van der Waals surface area contributed by atoms with Crippen LogP contribution in [0, 0.1) is 5.92 Å². The van der Waals surface area contributed by atoms with Gasteiger partial charge < -0.3 is 9.15 Å². The fourth-order valence-electron chi connectivity index (χ4n) is 3.47. The van der Waals surface area contributed by atoms with E-state index in [9.17, 15) is 13.2 Å². The quantitative estimate of drug-likeness (QED) is 0.579. The summed E-state index contributed by atoms with van der Waals surface area (Å²) in [6, 6.07) is 13.2. The zero-order valence-corrected chi connectivity index (χ0v) is 18.8. The molecule has 0 spiro atoms. The van der Waals surface area contributed by atoms with Crippen molar-refractivity contribution in [2.75, 3.05) is 25.5 Å². The summed E-state index contributed by atoms with van der Waals surface area (Å²) in [6.45, 7) is 0.476. The molecule has 9 nitrogen and oxygen atoms in total. The van der Waals surface area contributed by atoms with Crippen molar-refractivity contribution in [2.45, 2.75) is 17.7 Å². The number of sulfonamides is 1. The first-order valence-electron chi connectivity index (χ1n) is 9.91. The van der Waals surface area contributed by atoms with Crippen LogP contribution < -0.4 is 10.1 Å². The number of rotatable bonds is 6. The second-order valence-corrected chi connectivity index (χ2v) is 9.64. The number of halogens is 1. The normalized spacial score (nSPS) is 15.4. The molecule has 1 aliphatic rings. The third-order valence-corrected chi connectivity index (χ3v) is 7.41. The van der Waals surface area contributed by atoms with Crippen LogP contribution in [0.4, 0.5) is 6.01 Å². The number of ether oxygens (including phenoxy) is 1. The number of nitrogens with zero attached hydrogens (tertiary/aromatic N) is 3. The van der Waals surface area contributed by atoms with E-state index in [1.54, 1.807) is 43.5 Å².